The van der Waals surface area contributed by atoms with Crippen molar-refractivity contribution >= 4 is 46.0 Å². The van der Waals surface area contributed by atoms with Crippen LogP contribution < -0.4 is 15.1 Å². The van der Waals surface area contributed by atoms with Gasteiger partial charge in [0.1, 0.15) is 5.82 Å². The van der Waals surface area contributed by atoms with Gasteiger partial charge in [0, 0.05) is 41.5 Å². The van der Waals surface area contributed by atoms with Crippen LogP contribution >= 0.6 is 22.6 Å². The molecule has 176 valence electrons. The van der Waals surface area contributed by atoms with E-state index in [-0.39, 0.29) is 17.6 Å². The largest absolute Gasteiger partial charge is 0.375 e. The number of hydrogen-bond donors (Lipinski definition) is 1. The Kier molecular flexibility index (Phi) is 7.42. The van der Waals surface area contributed by atoms with E-state index in [0.29, 0.717) is 63.0 Å². The predicted molar refractivity (Wildman–Crippen MR) is 132 cm³/mol. The number of amides is 1. The highest BCUT2D eigenvalue weighted by molar-refractivity contribution is 14.1. The molecule has 2 saturated heterocycles. The van der Waals surface area contributed by atoms with E-state index in [1.165, 1.54) is 0 Å². The topological polar surface area (TPSA) is 70.6 Å². The van der Waals surface area contributed by atoms with E-state index in [9.17, 15) is 13.6 Å². The smallest absolute Gasteiger partial charge is 0.269 e. The Morgan fingerprint density at radius 1 is 1.15 bits per heavy atom. The number of anilines is 3. The van der Waals surface area contributed by atoms with Crippen LogP contribution in [0.3, 0.4) is 0 Å². The lowest BCUT2D eigenvalue weighted by Gasteiger charge is -2.32. The van der Waals surface area contributed by atoms with Gasteiger partial charge in [0.2, 0.25) is 5.95 Å². The van der Waals surface area contributed by atoms with E-state index in [1.807, 2.05) is 30.9 Å². The minimum Gasteiger partial charge on any atom is -0.375 e. The number of morpholine rings is 1. The maximum Gasteiger partial charge on any atom is 0.269 e. The molecule has 2 aliphatic heterocycles. The molecule has 0 aliphatic carbocycles. The molecule has 0 unspecified atom stereocenters. The van der Waals surface area contributed by atoms with Crippen molar-refractivity contribution in [3.63, 3.8) is 0 Å². The summed E-state index contributed by atoms with van der Waals surface area (Å²) in [4.78, 5) is 26.4. The first-order valence-corrected chi connectivity index (χ1v) is 12.0. The maximum atomic E-state index is 13.2. The first-order valence-electron chi connectivity index (χ1n) is 10.9. The van der Waals surface area contributed by atoms with Crippen molar-refractivity contribution in [1.82, 2.24) is 9.97 Å². The van der Waals surface area contributed by atoms with Gasteiger partial charge in [0.25, 0.3) is 12.0 Å². The van der Waals surface area contributed by atoms with Crippen molar-refractivity contribution in [3.05, 3.63) is 50.7 Å². The lowest BCUT2D eigenvalue weighted by atomic mass is 10.0. The van der Waals surface area contributed by atoms with Crippen LogP contribution in [0.4, 0.5) is 26.2 Å². The fraction of sp³-hybridized carbons (Fsp3) is 0.435. The number of aryl methyl sites for hydroxylation is 1. The van der Waals surface area contributed by atoms with Crippen molar-refractivity contribution in [2.45, 2.75) is 32.8 Å². The van der Waals surface area contributed by atoms with E-state index in [4.69, 9.17) is 4.74 Å². The summed E-state index contributed by atoms with van der Waals surface area (Å²) in [6, 6.07) is 7.29. The van der Waals surface area contributed by atoms with E-state index in [2.05, 4.69) is 42.8 Å². The summed E-state index contributed by atoms with van der Waals surface area (Å²) in [5, 5.41) is 2.91. The SMILES string of the molecule is Cc1cc(NC(=O)c2ccc(I)cc2N2CCC(=C(F)F)CC2)nc(N2CCO[C@H](C)C2)n1. The number of ether oxygens (including phenoxy) is 1. The molecule has 1 atom stereocenters. The van der Waals surface area contributed by atoms with Crippen molar-refractivity contribution < 1.29 is 18.3 Å². The average Bonchev–Trinajstić information content (AvgIpc) is 2.78. The molecule has 2 aromatic rings. The van der Waals surface area contributed by atoms with Crippen LogP contribution in [0, 0.1) is 10.5 Å². The Bertz CT molecular complexity index is 1070. The van der Waals surface area contributed by atoms with Gasteiger partial charge in [-0.25, -0.2) is 4.98 Å². The van der Waals surface area contributed by atoms with Crippen LogP contribution in [0.25, 0.3) is 0 Å². The monoisotopic (exact) mass is 569 g/mol. The molecule has 1 amide bonds. The summed E-state index contributed by atoms with van der Waals surface area (Å²) in [5.74, 6) is 0.695. The van der Waals surface area contributed by atoms with Gasteiger partial charge in [0.05, 0.1) is 24.0 Å². The molecule has 1 N–H and O–H groups in total. The zero-order chi connectivity index (χ0) is 23.5. The highest BCUT2D eigenvalue weighted by Gasteiger charge is 2.24. The first-order chi connectivity index (χ1) is 15.8. The van der Waals surface area contributed by atoms with Crippen molar-refractivity contribution in [2.75, 3.05) is 47.9 Å². The normalized spacial score (nSPS) is 18.9. The number of aromatic nitrogens is 2. The van der Waals surface area contributed by atoms with E-state index in [0.717, 1.165) is 15.0 Å². The molecule has 2 fully saturated rings. The lowest BCUT2D eigenvalue weighted by molar-refractivity contribution is 0.0526. The van der Waals surface area contributed by atoms with Crippen LogP contribution in [-0.2, 0) is 4.74 Å². The summed E-state index contributed by atoms with van der Waals surface area (Å²) in [6.45, 7) is 6.73. The number of piperidine rings is 1. The van der Waals surface area contributed by atoms with Gasteiger partial charge in [0.15, 0.2) is 0 Å². The third-order valence-corrected chi connectivity index (χ3v) is 6.46. The maximum absolute atomic E-state index is 13.2. The van der Waals surface area contributed by atoms with Gasteiger partial charge in [-0.15, -0.1) is 0 Å². The Morgan fingerprint density at radius 3 is 2.61 bits per heavy atom. The highest BCUT2D eigenvalue weighted by atomic mass is 127. The number of hydrogen-bond acceptors (Lipinski definition) is 6. The zero-order valence-electron chi connectivity index (χ0n) is 18.6. The van der Waals surface area contributed by atoms with Crippen molar-refractivity contribution in [1.29, 1.82) is 0 Å². The fourth-order valence-electron chi connectivity index (χ4n) is 4.11. The molecular formula is C23H26F2IN5O2. The van der Waals surface area contributed by atoms with Crippen LogP contribution in [-0.4, -0.2) is 54.8 Å². The molecule has 0 spiro atoms. The molecule has 0 saturated carbocycles. The van der Waals surface area contributed by atoms with E-state index < -0.39 is 6.08 Å². The van der Waals surface area contributed by atoms with Gasteiger partial charge < -0.3 is 19.9 Å². The molecule has 33 heavy (non-hydrogen) atoms. The van der Waals surface area contributed by atoms with E-state index >= 15 is 0 Å². The molecule has 1 aromatic heterocycles. The van der Waals surface area contributed by atoms with Gasteiger partial charge in [-0.2, -0.15) is 13.8 Å². The number of benzene rings is 1. The summed E-state index contributed by atoms with van der Waals surface area (Å²) in [6.07, 6.45) is -0.913. The summed E-state index contributed by atoms with van der Waals surface area (Å²) >= 11 is 2.19. The number of carbonyl (C=O) groups excluding carboxylic acids is 1. The Hall–Kier alpha value is -2.34. The van der Waals surface area contributed by atoms with Gasteiger partial charge in [-0.05, 0) is 73.1 Å². The minimum absolute atomic E-state index is 0.0843. The molecule has 10 heteroatoms. The number of rotatable bonds is 4. The third-order valence-electron chi connectivity index (χ3n) is 5.79. The van der Waals surface area contributed by atoms with Gasteiger partial charge in [-0.3, -0.25) is 4.79 Å². The second kappa shape index (κ2) is 10.3. The summed E-state index contributed by atoms with van der Waals surface area (Å²) in [7, 11) is 0. The van der Waals surface area contributed by atoms with Crippen LogP contribution in [0.5, 0.6) is 0 Å². The summed E-state index contributed by atoms with van der Waals surface area (Å²) in [5.41, 5.74) is 2.18. The fourth-order valence-corrected chi connectivity index (χ4v) is 4.58. The molecule has 0 radical (unpaired) electrons. The van der Waals surface area contributed by atoms with Crippen molar-refractivity contribution in [3.8, 4) is 0 Å². The molecule has 4 rings (SSSR count). The number of halogens is 3. The Labute approximate surface area is 205 Å². The standard InChI is InChI=1S/C23H26F2IN5O2/c1-14-11-20(29-23(27-14)31-9-10-33-15(2)13-31)28-22(32)18-4-3-17(26)12-19(18)30-7-5-16(6-8-30)21(24)25/h3-4,11-12,15H,5-10,13H2,1-2H3,(H,27,28,29,32)/t15-/m1/s1. The molecule has 3 heterocycles. The molecule has 0 bridgehead atoms. The second-order valence-corrected chi connectivity index (χ2v) is 9.53. The lowest BCUT2D eigenvalue weighted by Crippen LogP contribution is -2.42. The molecule has 7 nitrogen and oxygen atoms in total. The Balaban J connectivity index is 1.55. The highest BCUT2D eigenvalue weighted by Crippen LogP contribution is 2.30. The van der Waals surface area contributed by atoms with Gasteiger partial charge >= 0.3 is 0 Å². The third kappa shape index (κ3) is 5.78. The first kappa shape index (κ1) is 23.8. The van der Waals surface area contributed by atoms with Gasteiger partial charge in [-0.1, -0.05) is 0 Å². The van der Waals surface area contributed by atoms with Crippen LogP contribution in [0.2, 0.25) is 0 Å². The number of nitrogens with one attached hydrogen (secondary N) is 1. The summed E-state index contributed by atoms with van der Waals surface area (Å²) < 4.78 is 32.5. The average molecular weight is 569 g/mol. The van der Waals surface area contributed by atoms with Crippen molar-refractivity contribution in [2.24, 2.45) is 0 Å². The van der Waals surface area contributed by atoms with Crippen LogP contribution in [0.15, 0.2) is 35.9 Å². The number of carbonyl (C=O) groups is 1. The molecule has 1 aromatic carbocycles. The zero-order valence-corrected chi connectivity index (χ0v) is 20.7. The predicted octanol–water partition coefficient (Wildman–Crippen LogP) is 4.62. The number of nitrogens with zero attached hydrogens (tertiary/aromatic N) is 4. The van der Waals surface area contributed by atoms with E-state index in [1.54, 1.807) is 12.1 Å². The quantitative estimate of drug-likeness (QED) is 0.543. The Morgan fingerprint density at radius 2 is 1.91 bits per heavy atom. The molecule has 2 aliphatic rings. The second-order valence-electron chi connectivity index (χ2n) is 8.29. The van der Waals surface area contributed by atoms with Crippen LogP contribution in [0.1, 0.15) is 35.8 Å². The molecular weight excluding hydrogens is 543 g/mol. The minimum atomic E-state index is -1.58.